The number of guanidine groups is 1. The zero-order chi connectivity index (χ0) is 25.0. The van der Waals surface area contributed by atoms with Crippen LogP contribution in [0.5, 0.6) is 0 Å². The van der Waals surface area contributed by atoms with Gasteiger partial charge in [-0.15, -0.1) is 0 Å². The van der Waals surface area contributed by atoms with E-state index in [4.69, 9.17) is 22.3 Å². The second kappa shape index (κ2) is 14.2. The van der Waals surface area contributed by atoms with Crippen molar-refractivity contribution < 1.29 is 29.4 Å². The number of aliphatic imine (C=N–C) groups is 1. The molecule has 0 aromatic rings. The third-order valence-corrected chi connectivity index (χ3v) is 4.90. The predicted octanol–water partition coefficient (Wildman–Crippen LogP) is -2.65. The van der Waals surface area contributed by atoms with Crippen LogP contribution in [0.2, 0.25) is 0 Å². The Balaban J connectivity index is 5.00. The quantitative estimate of drug-likeness (QED) is 0.0768. The van der Waals surface area contributed by atoms with Gasteiger partial charge in [-0.25, -0.2) is 4.79 Å². The minimum absolute atomic E-state index is 0.0589. The molecule has 0 aromatic heterocycles. The minimum Gasteiger partial charge on any atom is -0.480 e. The Morgan fingerprint density at radius 1 is 0.938 bits per heavy atom. The van der Waals surface area contributed by atoms with Crippen LogP contribution in [-0.4, -0.2) is 76.7 Å². The molecule has 13 nitrogen and oxygen atoms in total. The van der Waals surface area contributed by atoms with Crippen LogP contribution >= 0.6 is 0 Å². The zero-order valence-corrected chi connectivity index (χ0v) is 19.0. The van der Waals surface area contributed by atoms with Crippen LogP contribution in [0.4, 0.5) is 0 Å². The molecule has 0 bridgehead atoms. The first-order valence-electron chi connectivity index (χ1n) is 10.4. The van der Waals surface area contributed by atoms with E-state index >= 15 is 0 Å². The molecule has 0 saturated carbocycles. The summed E-state index contributed by atoms with van der Waals surface area (Å²) in [6.45, 7) is 6.48. The topological polar surface area (TPSA) is 235 Å². The van der Waals surface area contributed by atoms with Crippen LogP contribution in [0.15, 0.2) is 4.99 Å². The fourth-order valence-corrected chi connectivity index (χ4v) is 2.65. The molecule has 6 atom stereocenters. The van der Waals surface area contributed by atoms with Crippen LogP contribution in [0, 0.1) is 5.92 Å². The van der Waals surface area contributed by atoms with Crippen molar-refractivity contribution >= 4 is 29.7 Å². The summed E-state index contributed by atoms with van der Waals surface area (Å²) in [5, 5.41) is 26.0. The molecule has 0 spiro atoms. The molecule has 6 unspecified atom stereocenters. The number of hydrogen-bond donors (Lipinski definition) is 8. The standard InChI is InChI=1S/C19H37N7O6/c1-5-9(2)13(17(30)26-14(11(4)27)18(31)32)25-15(28)10(3)24-16(29)12(20)7-6-8-23-19(21)22/h9-14,27H,5-8,20H2,1-4H3,(H,24,29)(H,25,28)(H,26,30)(H,31,32)(H4,21,22,23). The average molecular weight is 460 g/mol. The predicted molar refractivity (Wildman–Crippen MR) is 118 cm³/mol. The number of amides is 3. The number of carboxylic acids is 1. The normalized spacial score (nSPS) is 16.4. The van der Waals surface area contributed by atoms with Gasteiger partial charge >= 0.3 is 5.97 Å². The van der Waals surface area contributed by atoms with Crippen LogP contribution in [-0.2, 0) is 19.2 Å². The lowest BCUT2D eigenvalue weighted by atomic mass is 9.97. The molecule has 0 saturated heterocycles. The highest BCUT2D eigenvalue weighted by Gasteiger charge is 2.33. The second-order valence-electron chi connectivity index (χ2n) is 7.72. The van der Waals surface area contributed by atoms with Gasteiger partial charge in [0, 0.05) is 6.54 Å². The van der Waals surface area contributed by atoms with Crippen LogP contribution in [0.3, 0.4) is 0 Å². The Labute approximate surface area is 187 Å². The maximum atomic E-state index is 12.6. The van der Waals surface area contributed by atoms with E-state index in [0.29, 0.717) is 25.8 Å². The number of carboxylic acid groups (broad SMARTS) is 1. The fraction of sp³-hybridized carbons (Fsp3) is 0.737. The van der Waals surface area contributed by atoms with Gasteiger partial charge in [-0.3, -0.25) is 19.4 Å². The van der Waals surface area contributed by atoms with Crippen molar-refractivity contribution in [2.45, 2.75) is 77.2 Å². The zero-order valence-electron chi connectivity index (χ0n) is 19.0. The SMILES string of the molecule is CCC(C)C(NC(=O)C(C)NC(=O)C(N)CCCN=C(N)N)C(=O)NC(C(=O)O)C(C)O. The minimum atomic E-state index is -1.53. The molecule has 0 aliphatic rings. The van der Waals surface area contributed by atoms with Gasteiger partial charge in [-0.1, -0.05) is 20.3 Å². The van der Waals surface area contributed by atoms with Crippen LogP contribution in [0.25, 0.3) is 0 Å². The summed E-state index contributed by atoms with van der Waals surface area (Å²) in [5.41, 5.74) is 16.3. The lowest BCUT2D eigenvalue weighted by Crippen LogP contribution is -2.59. The number of nitrogens with two attached hydrogens (primary N) is 3. The Morgan fingerprint density at radius 3 is 1.97 bits per heavy atom. The summed E-state index contributed by atoms with van der Waals surface area (Å²) < 4.78 is 0. The number of aliphatic carboxylic acids is 1. The summed E-state index contributed by atoms with van der Waals surface area (Å²) in [4.78, 5) is 52.4. The first kappa shape index (κ1) is 29.1. The summed E-state index contributed by atoms with van der Waals surface area (Å²) in [6.07, 6.45) is -0.0645. The Hall–Kier alpha value is -2.93. The monoisotopic (exact) mass is 459 g/mol. The van der Waals surface area contributed by atoms with Gasteiger partial charge in [-0.05, 0) is 32.6 Å². The van der Waals surface area contributed by atoms with Gasteiger partial charge in [0.1, 0.15) is 12.1 Å². The molecule has 11 N–H and O–H groups in total. The number of carbonyl (C=O) groups excluding carboxylic acids is 3. The van der Waals surface area contributed by atoms with Gasteiger partial charge in [0.05, 0.1) is 12.1 Å². The van der Waals surface area contributed by atoms with Crippen molar-refractivity contribution in [1.82, 2.24) is 16.0 Å². The number of carbonyl (C=O) groups is 4. The molecule has 0 aromatic carbocycles. The molecule has 3 amide bonds. The average Bonchev–Trinajstić information content (AvgIpc) is 2.71. The van der Waals surface area contributed by atoms with Crippen molar-refractivity contribution in [3.05, 3.63) is 0 Å². The van der Waals surface area contributed by atoms with Crippen molar-refractivity contribution in [2.75, 3.05) is 6.54 Å². The lowest BCUT2D eigenvalue weighted by molar-refractivity contribution is -0.145. The molecular formula is C19H37N7O6. The molecular weight excluding hydrogens is 422 g/mol. The molecule has 0 aliphatic carbocycles. The molecule has 0 aliphatic heterocycles. The van der Waals surface area contributed by atoms with Crippen LogP contribution in [0.1, 0.15) is 47.0 Å². The number of rotatable bonds is 14. The van der Waals surface area contributed by atoms with Gasteiger partial charge in [0.15, 0.2) is 12.0 Å². The van der Waals surface area contributed by atoms with E-state index in [1.165, 1.54) is 13.8 Å². The third kappa shape index (κ3) is 10.4. The van der Waals surface area contributed by atoms with Crippen molar-refractivity contribution in [3.8, 4) is 0 Å². The number of aliphatic hydroxyl groups excluding tert-OH is 1. The van der Waals surface area contributed by atoms with Crippen molar-refractivity contribution in [2.24, 2.45) is 28.1 Å². The van der Waals surface area contributed by atoms with E-state index in [-0.39, 0.29) is 11.9 Å². The molecule has 0 radical (unpaired) electrons. The summed E-state index contributed by atoms with van der Waals surface area (Å²) in [6, 6.07) is -4.48. The first-order valence-corrected chi connectivity index (χ1v) is 10.4. The Kier molecular flexibility index (Phi) is 12.9. The number of nitrogens with one attached hydrogen (secondary N) is 3. The molecule has 32 heavy (non-hydrogen) atoms. The molecule has 0 rings (SSSR count). The van der Waals surface area contributed by atoms with Gasteiger partial charge < -0.3 is 43.4 Å². The fourth-order valence-electron chi connectivity index (χ4n) is 2.65. The largest absolute Gasteiger partial charge is 0.480 e. The number of nitrogens with zero attached hydrogens (tertiary/aromatic N) is 1. The summed E-state index contributed by atoms with van der Waals surface area (Å²) in [5.74, 6) is -3.76. The number of aliphatic hydroxyl groups is 1. The Morgan fingerprint density at radius 2 is 1.50 bits per heavy atom. The van der Waals surface area contributed by atoms with E-state index < -0.39 is 54.0 Å². The van der Waals surface area contributed by atoms with E-state index in [9.17, 15) is 24.3 Å². The Bertz CT molecular complexity index is 681. The van der Waals surface area contributed by atoms with E-state index in [0.717, 1.165) is 0 Å². The highest BCUT2D eigenvalue weighted by Crippen LogP contribution is 2.09. The van der Waals surface area contributed by atoms with E-state index in [1.54, 1.807) is 13.8 Å². The van der Waals surface area contributed by atoms with Crippen LogP contribution < -0.4 is 33.2 Å². The lowest BCUT2D eigenvalue weighted by Gasteiger charge is -2.27. The van der Waals surface area contributed by atoms with Gasteiger partial charge in [0.2, 0.25) is 17.7 Å². The summed E-state index contributed by atoms with van der Waals surface area (Å²) >= 11 is 0. The van der Waals surface area contributed by atoms with Gasteiger partial charge in [0.25, 0.3) is 0 Å². The highest BCUT2D eigenvalue weighted by atomic mass is 16.4. The second-order valence-corrected chi connectivity index (χ2v) is 7.72. The molecule has 13 heteroatoms. The third-order valence-electron chi connectivity index (χ3n) is 4.90. The van der Waals surface area contributed by atoms with E-state index in [1.807, 2.05) is 0 Å². The summed E-state index contributed by atoms with van der Waals surface area (Å²) in [7, 11) is 0. The maximum absolute atomic E-state index is 12.6. The number of hydrogen-bond acceptors (Lipinski definition) is 7. The van der Waals surface area contributed by atoms with Crippen molar-refractivity contribution in [3.63, 3.8) is 0 Å². The first-order chi connectivity index (χ1) is 14.8. The molecule has 184 valence electrons. The van der Waals surface area contributed by atoms with Crippen molar-refractivity contribution in [1.29, 1.82) is 0 Å². The molecule has 0 fully saturated rings. The smallest absolute Gasteiger partial charge is 0.328 e. The maximum Gasteiger partial charge on any atom is 0.328 e. The highest BCUT2D eigenvalue weighted by molar-refractivity contribution is 5.94. The van der Waals surface area contributed by atoms with E-state index in [2.05, 4.69) is 20.9 Å². The van der Waals surface area contributed by atoms with Gasteiger partial charge in [-0.2, -0.15) is 0 Å². The molecule has 0 heterocycles.